The Morgan fingerprint density at radius 1 is 1.14 bits per heavy atom. The molecule has 2 aromatic carbocycles. The minimum Gasteiger partial charge on any atom is -0.496 e. The number of benzene rings is 2. The summed E-state index contributed by atoms with van der Waals surface area (Å²) in [5.74, 6) is 0.0299. The Morgan fingerprint density at radius 2 is 1.86 bits per heavy atom. The van der Waals surface area contributed by atoms with Crippen LogP contribution in [0.1, 0.15) is 25.3 Å². The highest BCUT2D eigenvalue weighted by molar-refractivity contribution is 7.89. The number of hydrogen-bond donors (Lipinski definition) is 1. The van der Waals surface area contributed by atoms with E-state index in [2.05, 4.69) is 4.72 Å². The number of hydrogen-bond acceptors (Lipinski definition) is 5. The van der Waals surface area contributed by atoms with Gasteiger partial charge in [0.15, 0.2) is 11.6 Å². The van der Waals surface area contributed by atoms with Gasteiger partial charge < -0.3 is 14.2 Å². The normalized spacial score (nSPS) is 16.4. The summed E-state index contributed by atoms with van der Waals surface area (Å²) in [4.78, 5) is -0.138. The molecule has 0 bridgehead atoms. The highest BCUT2D eigenvalue weighted by Gasteiger charge is 2.38. The summed E-state index contributed by atoms with van der Waals surface area (Å²) in [6.45, 7) is 3.24. The van der Waals surface area contributed by atoms with Gasteiger partial charge in [0.2, 0.25) is 10.0 Å². The summed E-state index contributed by atoms with van der Waals surface area (Å²) in [6, 6.07) is 11.3. The highest BCUT2D eigenvalue weighted by Crippen LogP contribution is 2.39. The molecule has 29 heavy (non-hydrogen) atoms. The van der Waals surface area contributed by atoms with Crippen LogP contribution < -0.4 is 14.2 Å². The van der Waals surface area contributed by atoms with E-state index >= 15 is 0 Å². The molecule has 0 spiro atoms. The van der Waals surface area contributed by atoms with Gasteiger partial charge in [-0.1, -0.05) is 18.2 Å². The van der Waals surface area contributed by atoms with Gasteiger partial charge in [0, 0.05) is 30.7 Å². The summed E-state index contributed by atoms with van der Waals surface area (Å²) in [7, 11) is -2.31. The van der Waals surface area contributed by atoms with Crippen LogP contribution in [0.15, 0.2) is 47.4 Å². The van der Waals surface area contributed by atoms with E-state index in [4.69, 9.17) is 14.2 Å². The molecule has 8 heteroatoms. The van der Waals surface area contributed by atoms with Crippen LogP contribution >= 0.6 is 0 Å². The standard InChI is InChI=1S/C21H26FNO5S/c1-3-28-20-9-8-16(14-18(20)22)29(24,25)23-15-21(10-12-27-13-11-21)17-6-4-5-7-19(17)26-2/h4-9,14,23H,3,10-13,15H2,1-2H3. The van der Waals surface area contributed by atoms with Crippen LogP contribution in [0, 0.1) is 5.82 Å². The van der Waals surface area contributed by atoms with Crippen LogP contribution in [0.25, 0.3) is 0 Å². The Hall–Kier alpha value is -2.16. The van der Waals surface area contributed by atoms with Gasteiger partial charge in [-0.3, -0.25) is 0 Å². The lowest BCUT2D eigenvalue weighted by Crippen LogP contribution is -2.44. The third-order valence-corrected chi connectivity index (χ3v) is 6.64. The van der Waals surface area contributed by atoms with Crippen molar-refractivity contribution >= 4 is 10.0 Å². The fourth-order valence-corrected chi connectivity index (χ4v) is 4.76. The second-order valence-corrected chi connectivity index (χ2v) is 8.71. The largest absolute Gasteiger partial charge is 0.496 e. The zero-order valence-corrected chi connectivity index (χ0v) is 17.4. The number of halogens is 1. The van der Waals surface area contributed by atoms with Crippen molar-refractivity contribution in [2.45, 2.75) is 30.1 Å². The second kappa shape index (κ2) is 9.11. The summed E-state index contributed by atoms with van der Waals surface area (Å²) >= 11 is 0. The van der Waals surface area contributed by atoms with Crippen LogP contribution in [-0.4, -0.2) is 41.9 Å². The van der Waals surface area contributed by atoms with Crippen molar-refractivity contribution < 1.29 is 27.0 Å². The maximum Gasteiger partial charge on any atom is 0.240 e. The van der Waals surface area contributed by atoms with E-state index < -0.39 is 21.3 Å². The molecule has 1 fully saturated rings. The van der Waals surface area contributed by atoms with Crippen molar-refractivity contribution in [1.82, 2.24) is 4.72 Å². The lowest BCUT2D eigenvalue weighted by Gasteiger charge is -2.38. The highest BCUT2D eigenvalue weighted by atomic mass is 32.2. The summed E-state index contributed by atoms with van der Waals surface area (Å²) in [5.41, 5.74) is 0.466. The third kappa shape index (κ3) is 4.71. The molecule has 1 N–H and O–H groups in total. The van der Waals surface area contributed by atoms with Gasteiger partial charge in [-0.2, -0.15) is 0 Å². The Kier molecular flexibility index (Phi) is 6.77. The molecule has 2 aromatic rings. The number of ether oxygens (including phenoxy) is 3. The molecule has 0 saturated carbocycles. The first-order valence-corrected chi connectivity index (χ1v) is 11.0. The molecule has 0 atom stereocenters. The van der Waals surface area contributed by atoms with Crippen molar-refractivity contribution in [2.24, 2.45) is 0 Å². The van der Waals surface area contributed by atoms with E-state index in [0.717, 1.165) is 11.6 Å². The second-order valence-electron chi connectivity index (χ2n) is 6.94. The van der Waals surface area contributed by atoms with Crippen molar-refractivity contribution in [3.05, 3.63) is 53.8 Å². The van der Waals surface area contributed by atoms with Crippen LogP contribution in [0.4, 0.5) is 4.39 Å². The average molecular weight is 424 g/mol. The molecule has 1 aliphatic heterocycles. The van der Waals surface area contributed by atoms with Crippen LogP contribution in [-0.2, 0) is 20.2 Å². The number of nitrogens with one attached hydrogen (secondary N) is 1. The predicted octanol–water partition coefficient (Wildman–Crippen LogP) is 3.26. The maximum atomic E-state index is 14.2. The Bertz CT molecular complexity index is 942. The molecule has 0 aliphatic carbocycles. The zero-order chi connectivity index (χ0) is 20.9. The molecular weight excluding hydrogens is 397 g/mol. The van der Waals surface area contributed by atoms with E-state index in [1.54, 1.807) is 14.0 Å². The molecule has 0 amide bonds. The Balaban J connectivity index is 1.87. The zero-order valence-electron chi connectivity index (χ0n) is 16.6. The smallest absolute Gasteiger partial charge is 0.240 e. The van der Waals surface area contributed by atoms with E-state index in [1.165, 1.54) is 12.1 Å². The lowest BCUT2D eigenvalue weighted by atomic mass is 9.74. The van der Waals surface area contributed by atoms with Gasteiger partial charge >= 0.3 is 0 Å². The minimum atomic E-state index is -3.91. The third-order valence-electron chi connectivity index (χ3n) is 5.24. The fourth-order valence-electron chi connectivity index (χ4n) is 3.62. The Labute approximate surface area is 171 Å². The number of sulfonamides is 1. The number of para-hydroxylation sites is 1. The van der Waals surface area contributed by atoms with Crippen LogP contribution in [0.3, 0.4) is 0 Å². The molecule has 6 nitrogen and oxygen atoms in total. The summed E-state index contributed by atoms with van der Waals surface area (Å²) < 4.78 is 58.7. The molecule has 1 aliphatic rings. The van der Waals surface area contributed by atoms with E-state index in [9.17, 15) is 12.8 Å². The van der Waals surface area contributed by atoms with Crippen molar-refractivity contribution in [3.8, 4) is 11.5 Å². The van der Waals surface area contributed by atoms with Gasteiger partial charge in [-0.05, 0) is 44.0 Å². The van der Waals surface area contributed by atoms with Gasteiger partial charge in [-0.25, -0.2) is 17.5 Å². The van der Waals surface area contributed by atoms with Gasteiger partial charge in [0.25, 0.3) is 0 Å². The molecule has 1 saturated heterocycles. The predicted molar refractivity (Wildman–Crippen MR) is 107 cm³/mol. The molecule has 158 valence electrons. The first kappa shape index (κ1) is 21.5. The molecule has 0 radical (unpaired) electrons. The van der Waals surface area contributed by atoms with E-state index in [1.807, 2.05) is 24.3 Å². The van der Waals surface area contributed by atoms with Crippen molar-refractivity contribution in [3.63, 3.8) is 0 Å². The van der Waals surface area contributed by atoms with Crippen molar-refractivity contribution in [1.29, 1.82) is 0 Å². The van der Waals surface area contributed by atoms with Crippen LogP contribution in [0.5, 0.6) is 11.5 Å². The topological polar surface area (TPSA) is 73.9 Å². The molecule has 3 rings (SSSR count). The molecular formula is C21H26FNO5S. The summed E-state index contributed by atoms with van der Waals surface area (Å²) in [6.07, 6.45) is 1.29. The van der Waals surface area contributed by atoms with Gasteiger partial charge in [0.1, 0.15) is 5.75 Å². The van der Waals surface area contributed by atoms with Crippen molar-refractivity contribution in [2.75, 3.05) is 33.5 Å². The van der Waals surface area contributed by atoms with Gasteiger partial charge in [-0.15, -0.1) is 0 Å². The quantitative estimate of drug-likeness (QED) is 0.706. The average Bonchev–Trinajstić information content (AvgIpc) is 2.74. The first-order valence-electron chi connectivity index (χ1n) is 9.55. The summed E-state index contributed by atoms with van der Waals surface area (Å²) in [5, 5.41) is 0. The molecule has 0 aromatic heterocycles. The van der Waals surface area contributed by atoms with Crippen LogP contribution in [0.2, 0.25) is 0 Å². The van der Waals surface area contributed by atoms with E-state index in [0.29, 0.717) is 38.4 Å². The number of methoxy groups -OCH3 is 1. The lowest BCUT2D eigenvalue weighted by molar-refractivity contribution is 0.0509. The molecule has 1 heterocycles. The fraction of sp³-hybridized carbons (Fsp3) is 0.429. The Morgan fingerprint density at radius 3 is 2.52 bits per heavy atom. The minimum absolute atomic E-state index is 0.0290. The maximum absolute atomic E-state index is 14.2. The number of rotatable bonds is 8. The first-order chi connectivity index (χ1) is 13.9. The van der Waals surface area contributed by atoms with Gasteiger partial charge in [0.05, 0.1) is 18.6 Å². The van der Waals surface area contributed by atoms with E-state index in [-0.39, 0.29) is 17.2 Å². The monoisotopic (exact) mass is 423 g/mol. The SMILES string of the molecule is CCOc1ccc(S(=O)(=O)NCC2(c3ccccc3OC)CCOCC2)cc1F. The molecule has 0 unspecified atom stereocenters.